The second-order valence-corrected chi connectivity index (χ2v) is 6.23. The van der Waals surface area contributed by atoms with Crippen LogP contribution in [0.1, 0.15) is 40.0 Å². The van der Waals surface area contributed by atoms with Crippen LogP contribution in [0.3, 0.4) is 0 Å². The number of hydrogen-bond acceptors (Lipinski definition) is 4. The van der Waals surface area contributed by atoms with Crippen molar-refractivity contribution in [3.05, 3.63) is 12.1 Å². The lowest BCUT2D eigenvalue weighted by atomic mass is 9.75. The summed E-state index contributed by atoms with van der Waals surface area (Å²) in [5.41, 5.74) is 6.55. The van der Waals surface area contributed by atoms with Gasteiger partial charge >= 0.3 is 0 Å². The highest BCUT2D eigenvalue weighted by Crippen LogP contribution is 2.36. The molecule has 3 atom stereocenters. The summed E-state index contributed by atoms with van der Waals surface area (Å²) in [5.74, 6) is 2.92. The first-order chi connectivity index (χ1) is 9.51. The first-order valence-corrected chi connectivity index (χ1v) is 7.48. The van der Waals surface area contributed by atoms with Crippen molar-refractivity contribution in [1.29, 1.82) is 0 Å². The van der Waals surface area contributed by atoms with E-state index in [-0.39, 0.29) is 6.10 Å². The van der Waals surface area contributed by atoms with Gasteiger partial charge in [-0.05, 0) is 36.7 Å². The minimum Gasteiger partial charge on any atom is -0.481 e. The maximum Gasteiger partial charge on any atom is 0.240 e. The number of aromatic nitrogens is 1. The van der Waals surface area contributed by atoms with Gasteiger partial charge < -0.3 is 15.2 Å². The molecule has 3 unspecified atom stereocenters. The van der Waals surface area contributed by atoms with Crippen LogP contribution in [-0.2, 0) is 0 Å². The highest BCUT2D eigenvalue weighted by atomic mass is 16.5. The number of nitrogens with two attached hydrogens (primary N) is 1. The van der Waals surface area contributed by atoms with Crippen LogP contribution in [-0.4, -0.2) is 18.2 Å². The van der Waals surface area contributed by atoms with E-state index < -0.39 is 0 Å². The fourth-order valence-corrected chi connectivity index (χ4v) is 3.04. The summed E-state index contributed by atoms with van der Waals surface area (Å²) in [6, 6.07) is 3.55. The first kappa shape index (κ1) is 14.9. The smallest absolute Gasteiger partial charge is 0.240 e. The zero-order valence-electron chi connectivity index (χ0n) is 12.9. The molecule has 4 nitrogen and oxygen atoms in total. The van der Waals surface area contributed by atoms with Crippen LogP contribution in [0, 0.1) is 17.8 Å². The van der Waals surface area contributed by atoms with E-state index in [1.54, 1.807) is 19.2 Å². The molecule has 1 fully saturated rings. The Morgan fingerprint density at radius 2 is 2.05 bits per heavy atom. The molecule has 20 heavy (non-hydrogen) atoms. The molecule has 112 valence electrons. The average Bonchev–Trinajstić information content (AvgIpc) is 2.41. The van der Waals surface area contributed by atoms with Crippen LogP contribution in [0.15, 0.2) is 12.1 Å². The Kier molecular flexibility index (Phi) is 4.73. The maximum absolute atomic E-state index is 6.16. The Bertz CT molecular complexity index is 448. The molecule has 0 amide bonds. The van der Waals surface area contributed by atoms with E-state index in [9.17, 15) is 0 Å². The lowest BCUT2D eigenvalue weighted by Gasteiger charge is -2.37. The van der Waals surface area contributed by atoms with E-state index >= 15 is 0 Å². The summed E-state index contributed by atoms with van der Waals surface area (Å²) in [4.78, 5) is 4.33. The van der Waals surface area contributed by atoms with E-state index in [0.29, 0.717) is 35.2 Å². The highest BCUT2D eigenvalue weighted by Gasteiger charge is 2.32. The van der Waals surface area contributed by atoms with Crippen molar-refractivity contribution in [3.63, 3.8) is 0 Å². The first-order valence-electron chi connectivity index (χ1n) is 7.48. The van der Waals surface area contributed by atoms with Crippen molar-refractivity contribution in [2.45, 2.75) is 46.1 Å². The summed E-state index contributed by atoms with van der Waals surface area (Å²) in [5, 5.41) is 0. The Labute approximate surface area is 121 Å². The molecule has 4 heteroatoms. The second kappa shape index (κ2) is 6.33. The van der Waals surface area contributed by atoms with Crippen LogP contribution in [0.5, 0.6) is 11.8 Å². The third-order valence-corrected chi connectivity index (χ3v) is 4.30. The number of rotatable bonds is 4. The zero-order chi connectivity index (χ0) is 14.7. The summed E-state index contributed by atoms with van der Waals surface area (Å²) < 4.78 is 11.3. The molecule has 1 aromatic heterocycles. The third kappa shape index (κ3) is 3.35. The van der Waals surface area contributed by atoms with Crippen molar-refractivity contribution in [1.82, 2.24) is 4.98 Å². The number of ether oxygens (including phenoxy) is 2. The van der Waals surface area contributed by atoms with Gasteiger partial charge in [-0.15, -0.1) is 0 Å². The fraction of sp³-hybridized carbons (Fsp3) is 0.688. The lowest BCUT2D eigenvalue weighted by Crippen LogP contribution is -2.36. The van der Waals surface area contributed by atoms with Crippen LogP contribution in [0.2, 0.25) is 0 Å². The number of methoxy groups -OCH3 is 1. The number of pyridine rings is 1. The van der Waals surface area contributed by atoms with Gasteiger partial charge in [-0.1, -0.05) is 27.2 Å². The monoisotopic (exact) mass is 278 g/mol. The predicted molar refractivity (Wildman–Crippen MR) is 81.0 cm³/mol. The minimum absolute atomic E-state index is 0.195. The molecule has 2 N–H and O–H groups in total. The predicted octanol–water partition coefficient (Wildman–Crippen LogP) is 3.51. The van der Waals surface area contributed by atoms with Crippen molar-refractivity contribution < 1.29 is 9.47 Å². The number of nitrogen functional groups attached to an aromatic ring is 1. The van der Waals surface area contributed by atoms with Gasteiger partial charge in [-0.2, -0.15) is 4.98 Å². The zero-order valence-corrected chi connectivity index (χ0v) is 12.9. The van der Waals surface area contributed by atoms with Crippen LogP contribution in [0.4, 0.5) is 5.69 Å². The van der Waals surface area contributed by atoms with Crippen molar-refractivity contribution in [2.75, 3.05) is 12.8 Å². The van der Waals surface area contributed by atoms with Gasteiger partial charge in [0.1, 0.15) is 6.10 Å². The van der Waals surface area contributed by atoms with Gasteiger partial charge in [-0.25, -0.2) is 0 Å². The maximum atomic E-state index is 6.16. The van der Waals surface area contributed by atoms with E-state index in [2.05, 4.69) is 25.8 Å². The molecule has 0 saturated heterocycles. The Balaban J connectivity index is 2.17. The molecule has 1 aliphatic rings. The highest BCUT2D eigenvalue weighted by molar-refractivity contribution is 5.49. The third-order valence-electron chi connectivity index (χ3n) is 4.30. The van der Waals surface area contributed by atoms with Crippen LogP contribution < -0.4 is 15.2 Å². The largest absolute Gasteiger partial charge is 0.481 e. The number of anilines is 1. The lowest BCUT2D eigenvalue weighted by molar-refractivity contribution is 0.0429. The molecule has 1 saturated carbocycles. The molecule has 0 bridgehead atoms. The molecule has 0 radical (unpaired) electrons. The van der Waals surface area contributed by atoms with Crippen LogP contribution >= 0.6 is 0 Å². The van der Waals surface area contributed by atoms with Crippen molar-refractivity contribution in [2.24, 2.45) is 17.8 Å². The van der Waals surface area contributed by atoms with Gasteiger partial charge in [0.15, 0.2) is 0 Å². The molecule has 0 aliphatic heterocycles. The summed E-state index contributed by atoms with van der Waals surface area (Å²) in [7, 11) is 1.60. The van der Waals surface area contributed by atoms with Gasteiger partial charge in [0.2, 0.25) is 11.8 Å². The number of nitrogens with zero attached hydrogens (tertiary/aromatic N) is 1. The molecule has 0 aromatic carbocycles. The molecule has 0 spiro atoms. The summed E-state index contributed by atoms with van der Waals surface area (Å²) >= 11 is 0. The normalized spacial score (nSPS) is 26.6. The van der Waals surface area contributed by atoms with Gasteiger partial charge in [0, 0.05) is 6.07 Å². The molecule has 1 aromatic rings. The Morgan fingerprint density at radius 3 is 2.70 bits per heavy atom. The van der Waals surface area contributed by atoms with Crippen LogP contribution in [0.25, 0.3) is 0 Å². The summed E-state index contributed by atoms with van der Waals surface area (Å²) in [6.45, 7) is 6.81. The number of hydrogen-bond donors (Lipinski definition) is 1. The quantitative estimate of drug-likeness (QED) is 0.915. The van der Waals surface area contributed by atoms with Gasteiger partial charge in [-0.3, -0.25) is 0 Å². The molecule has 1 aliphatic carbocycles. The molecule has 1 heterocycles. The topological polar surface area (TPSA) is 57.4 Å². The second-order valence-electron chi connectivity index (χ2n) is 6.23. The molecule has 2 rings (SSSR count). The van der Waals surface area contributed by atoms with Gasteiger partial charge in [0.05, 0.1) is 12.8 Å². The Morgan fingerprint density at radius 1 is 1.30 bits per heavy atom. The minimum atomic E-state index is 0.195. The SMILES string of the molecule is COc1ccc(N)c(OC2CC(C)CCC2C(C)C)n1. The van der Waals surface area contributed by atoms with Crippen molar-refractivity contribution >= 4 is 5.69 Å². The fourth-order valence-electron chi connectivity index (χ4n) is 3.04. The Hall–Kier alpha value is -1.45. The van der Waals surface area contributed by atoms with E-state index in [4.69, 9.17) is 15.2 Å². The van der Waals surface area contributed by atoms with E-state index in [0.717, 1.165) is 6.42 Å². The van der Waals surface area contributed by atoms with E-state index in [1.165, 1.54) is 12.8 Å². The summed E-state index contributed by atoms with van der Waals surface area (Å²) in [6.07, 6.45) is 3.76. The average molecular weight is 278 g/mol. The van der Waals surface area contributed by atoms with E-state index in [1.807, 2.05) is 0 Å². The van der Waals surface area contributed by atoms with Gasteiger partial charge in [0.25, 0.3) is 0 Å². The molecular weight excluding hydrogens is 252 g/mol. The molecular formula is C16H26N2O2. The standard InChI is InChI=1S/C16H26N2O2/c1-10(2)12-6-5-11(3)9-14(12)20-16-13(17)7-8-15(18-16)19-4/h7-8,10-12,14H,5-6,9,17H2,1-4H3. The van der Waals surface area contributed by atoms with Crippen molar-refractivity contribution in [3.8, 4) is 11.8 Å².